The molecule has 5 nitrogen and oxygen atoms in total. The number of aliphatic hydroxyl groups excluding tert-OH is 1. The zero-order chi connectivity index (χ0) is 12.2. The van der Waals surface area contributed by atoms with Crippen LogP contribution in [0.25, 0.3) is 0 Å². The van der Waals surface area contributed by atoms with Crippen LogP contribution in [-0.4, -0.2) is 50.0 Å². The summed E-state index contributed by atoms with van der Waals surface area (Å²) >= 11 is 0. The van der Waals surface area contributed by atoms with Crippen LogP contribution in [0.1, 0.15) is 26.7 Å². The molecule has 5 heteroatoms. The van der Waals surface area contributed by atoms with Crippen molar-refractivity contribution in [1.29, 1.82) is 0 Å². The van der Waals surface area contributed by atoms with Crippen molar-refractivity contribution in [2.75, 3.05) is 32.8 Å². The molecule has 0 rings (SSSR count). The maximum atomic E-state index is 11.3. The van der Waals surface area contributed by atoms with E-state index in [0.29, 0.717) is 39.3 Å². The van der Waals surface area contributed by atoms with E-state index in [1.54, 1.807) is 6.92 Å². The third-order valence-electron chi connectivity index (χ3n) is 1.96. The van der Waals surface area contributed by atoms with Crippen LogP contribution in [0.3, 0.4) is 0 Å². The van der Waals surface area contributed by atoms with Gasteiger partial charge < -0.3 is 20.5 Å². The molecule has 0 saturated carbocycles. The Balaban J connectivity index is 3.17. The first-order chi connectivity index (χ1) is 7.66. The minimum absolute atomic E-state index is 0.0542. The Labute approximate surface area is 97.6 Å². The Morgan fingerprint density at radius 1 is 1.44 bits per heavy atom. The highest BCUT2D eigenvalue weighted by molar-refractivity contribution is 5.75. The molecule has 0 aromatic heterocycles. The maximum absolute atomic E-state index is 11.3. The highest BCUT2D eigenvalue weighted by Crippen LogP contribution is 1.89. The summed E-state index contributed by atoms with van der Waals surface area (Å²) in [4.78, 5) is 11.3. The van der Waals surface area contributed by atoms with Crippen LogP contribution in [0.5, 0.6) is 0 Å². The number of aliphatic hydroxyl groups is 1. The molecule has 0 aromatic carbocycles. The number of carbonyl (C=O) groups is 1. The van der Waals surface area contributed by atoms with Gasteiger partial charge in [-0.05, 0) is 20.3 Å². The molecule has 0 saturated heterocycles. The summed E-state index contributed by atoms with van der Waals surface area (Å²) < 4.78 is 5.13. The lowest BCUT2D eigenvalue weighted by molar-refractivity contribution is -0.121. The number of amides is 1. The van der Waals surface area contributed by atoms with Crippen LogP contribution in [0, 0.1) is 0 Å². The number of carbonyl (C=O) groups excluding carboxylic acids is 1. The topological polar surface area (TPSA) is 70.6 Å². The van der Waals surface area contributed by atoms with Gasteiger partial charge in [-0.2, -0.15) is 0 Å². The number of hydrogen-bond donors (Lipinski definition) is 3. The van der Waals surface area contributed by atoms with Crippen LogP contribution < -0.4 is 10.6 Å². The first-order valence-corrected chi connectivity index (χ1v) is 5.90. The number of ether oxygens (including phenoxy) is 1. The summed E-state index contributed by atoms with van der Waals surface area (Å²) in [6, 6.07) is 0. The van der Waals surface area contributed by atoms with E-state index in [1.807, 2.05) is 6.92 Å². The van der Waals surface area contributed by atoms with Gasteiger partial charge in [0.1, 0.15) is 0 Å². The van der Waals surface area contributed by atoms with Crippen molar-refractivity contribution in [1.82, 2.24) is 10.6 Å². The normalized spacial score (nSPS) is 12.4. The average Bonchev–Trinajstić information content (AvgIpc) is 2.23. The van der Waals surface area contributed by atoms with E-state index in [4.69, 9.17) is 9.84 Å². The molecule has 0 bridgehead atoms. The zero-order valence-electron chi connectivity index (χ0n) is 10.3. The fraction of sp³-hybridized carbons (Fsp3) is 0.909. The fourth-order valence-corrected chi connectivity index (χ4v) is 1.17. The van der Waals surface area contributed by atoms with Gasteiger partial charge in [-0.3, -0.25) is 4.79 Å². The van der Waals surface area contributed by atoms with Crippen LogP contribution in [-0.2, 0) is 9.53 Å². The molecule has 16 heavy (non-hydrogen) atoms. The number of hydrogen-bond acceptors (Lipinski definition) is 4. The van der Waals surface area contributed by atoms with Crippen molar-refractivity contribution < 1.29 is 14.6 Å². The Morgan fingerprint density at radius 3 is 2.81 bits per heavy atom. The van der Waals surface area contributed by atoms with Gasteiger partial charge in [0.15, 0.2) is 0 Å². The second kappa shape index (κ2) is 10.9. The molecule has 0 fully saturated rings. The van der Waals surface area contributed by atoms with Crippen molar-refractivity contribution in [2.45, 2.75) is 32.8 Å². The smallest absolute Gasteiger partial charge is 0.220 e. The van der Waals surface area contributed by atoms with Crippen molar-refractivity contribution in [3.05, 3.63) is 0 Å². The fourth-order valence-electron chi connectivity index (χ4n) is 1.17. The van der Waals surface area contributed by atoms with Gasteiger partial charge in [0.25, 0.3) is 0 Å². The second-order valence-electron chi connectivity index (χ2n) is 3.70. The van der Waals surface area contributed by atoms with Crippen LogP contribution in [0.4, 0.5) is 0 Å². The van der Waals surface area contributed by atoms with Crippen molar-refractivity contribution >= 4 is 5.91 Å². The SMILES string of the molecule is CCOCCCC(=O)NCCNCC(C)O. The molecule has 96 valence electrons. The van der Waals surface area contributed by atoms with E-state index in [9.17, 15) is 4.79 Å². The standard InChI is InChI=1S/C11H24N2O3/c1-3-16-8-4-5-11(15)13-7-6-12-9-10(2)14/h10,12,14H,3-9H2,1-2H3,(H,13,15). The Kier molecular flexibility index (Phi) is 10.4. The van der Waals surface area contributed by atoms with Gasteiger partial charge in [0.05, 0.1) is 6.10 Å². The minimum atomic E-state index is -0.345. The van der Waals surface area contributed by atoms with Crippen molar-refractivity contribution in [3.8, 4) is 0 Å². The van der Waals surface area contributed by atoms with Gasteiger partial charge in [-0.1, -0.05) is 0 Å². The predicted molar refractivity (Wildman–Crippen MR) is 63.3 cm³/mol. The molecule has 3 N–H and O–H groups in total. The summed E-state index contributed by atoms with van der Waals surface area (Å²) in [5.41, 5.74) is 0. The molecular formula is C11H24N2O3. The van der Waals surface area contributed by atoms with E-state index in [1.165, 1.54) is 0 Å². The third kappa shape index (κ3) is 11.4. The Bertz CT molecular complexity index is 175. The molecule has 0 aliphatic carbocycles. The van der Waals surface area contributed by atoms with E-state index < -0.39 is 0 Å². The third-order valence-corrected chi connectivity index (χ3v) is 1.96. The lowest BCUT2D eigenvalue weighted by Crippen LogP contribution is -2.34. The quantitative estimate of drug-likeness (QED) is 0.460. The summed E-state index contributed by atoms with van der Waals surface area (Å²) in [5.74, 6) is 0.0542. The summed E-state index contributed by atoms with van der Waals surface area (Å²) in [6.07, 6.45) is 0.930. The van der Waals surface area contributed by atoms with Gasteiger partial charge in [0, 0.05) is 39.3 Å². The van der Waals surface area contributed by atoms with Gasteiger partial charge in [-0.15, -0.1) is 0 Å². The first kappa shape index (κ1) is 15.3. The summed E-state index contributed by atoms with van der Waals surface area (Å²) in [7, 11) is 0. The summed E-state index contributed by atoms with van der Waals surface area (Å²) in [6.45, 7) is 6.84. The van der Waals surface area contributed by atoms with Crippen LogP contribution in [0.15, 0.2) is 0 Å². The molecular weight excluding hydrogens is 208 g/mol. The van der Waals surface area contributed by atoms with Gasteiger partial charge in [0.2, 0.25) is 5.91 Å². The molecule has 0 heterocycles. The molecule has 0 radical (unpaired) electrons. The van der Waals surface area contributed by atoms with Crippen LogP contribution >= 0.6 is 0 Å². The molecule has 0 aromatic rings. The van der Waals surface area contributed by atoms with E-state index in [-0.39, 0.29) is 12.0 Å². The minimum Gasteiger partial charge on any atom is -0.392 e. The monoisotopic (exact) mass is 232 g/mol. The predicted octanol–water partition coefficient (Wildman–Crippen LogP) is -0.110. The van der Waals surface area contributed by atoms with Crippen molar-refractivity contribution in [2.24, 2.45) is 0 Å². The Hall–Kier alpha value is -0.650. The van der Waals surface area contributed by atoms with Gasteiger partial charge >= 0.3 is 0 Å². The maximum Gasteiger partial charge on any atom is 0.220 e. The van der Waals surface area contributed by atoms with E-state index >= 15 is 0 Å². The largest absolute Gasteiger partial charge is 0.392 e. The molecule has 0 spiro atoms. The first-order valence-electron chi connectivity index (χ1n) is 5.90. The zero-order valence-corrected chi connectivity index (χ0v) is 10.3. The number of nitrogens with one attached hydrogen (secondary N) is 2. The number of rotatable bonds is 10. The molecule has 1 unspecified atom stereocenters. The summed E-state index contributed by atoms with van der Waals surface area (Å²) in [5, 5.41) is 14.8. The lowest BCUT2D eigenvalue weighted by Gasteiger charge is -2.08. The van der Waals surface area contributed by atoms with Gasteiger partial charge in [-0.25, -0.2) is 0 Å². The molecule has 1 amide bonds. The second-order valence-corrected chi connectivity index (χ2v) is 3.70. The average molecular weight is 232 g/mol. The van der Waals surface area contributed by atoms with E-state index in [2.05, 4.69) is 10.6 Å². The van der Waals surface area contributed by atoms with Crippen LogP contribution in [0.2, 0.25) is 0 Å². The highest BCUT2D eigenvalue weighted by Gasteiger charge is 2.00. The van der Waals surface area contributed by atoms with E-state index in [0.717, 1.165) is 6.42 Å². The molecule has 1 atom stereocenters. The van der Waals surface area contributed by atoms with Crippen molar-refractivity contribution in [3.63, 3.8) is 0 Å². The lowest BCUT2D eigenvalue weighted by atomic mass is 10.3. The Morgan fingerprint density at radius 2 is 2.19 bits per heavy atom. The molecule has 0 aliphatic rings. The highest BCUT2D eigenvalue weighted by atomic mass is 16.5. The molecule has 0 aliphatic heterocycles.